The van der Waals surface area contributed by atoms with Crippen LogP contribution in [0.3, 0.4) is 0 Å². The molecule has 5 nitrogen and oxygen atoms in total. The number of carbonyl (C=O) groups is 3. The molecule has 0 aromatic heterocycles. The summed E-state index contributed by atoms with van der Waals surface area (Å²) in [6.45, 7) is 5.83. The quantitative estimate of drug-likeness (QED) is 0.133. The third-order valence-electron chi connectivity index (χ3n) is 5.65. The largest absolute Gasteiger partial charge is 0.466 e. The first kappa shape index (κ1) is 29.6. The van der Waals surface area contributed by atoms with Crippen molar-refractivity contribution in [3.8, 4) is 0 Å². The lowest BCUT2D eigenvalue weighted by atomic mass is 10.1. The Morgan fingerprint density at radius 2 is 1.03 bits per heavy atom. The third kappa shape index (κ3) is 21.6. The number of unbranched alkanes of at least 4 members (excludes halogenated alkanes) is 14. The van der Waals surface area contributed by atoms with Crippen LogP contribution in [-0.4, -0.2) is 30.4 Å². The average molecular weight is 441 g/mol. The molecule has 0 radical (unpaired) electrons. The Labute approximate surface area is 191 Å². The third-order valence-corrected chi connectivity index (χ3v) is 5.65. The second-order valence-corrected chi connectivity index (χ2v) is 8.77. The minimum atomic E-state index is -0.641. The number of hydrogen-bond donors (Lipinski definition) is 0. The van der Waals surface area contributed by atoms with Gasteiger partial charge in [0.1, 0.15) is 0 Å². The lowest BCUT2D eigenvalue weighted by Crippen LogP contribution is -2.21. The molecule has 5 heteroatoms. The fourth-order valence-electron chi connectivity index (χ4n) is 3.43. The van der Waals surface area contributed by atoms with Crippen LogP contribution in [0.25, 0.3) is 0 Å². The SMILES string of the molecule is CCCCCCCCCCCCOC(=O)CCCCCCCCC(=O)OC(C)C(C)=O. The summed E-state index contributed by atoms with van der Waals surface area (Å²) in [6, 6.07) is 0. The van der Waals surface area contributed by atoms with Gasteiger partial charge in [0.05, 0.1) is 6.61 Å². The summed E-state index contributed by atoms with van der Waals surface area (Å²) in [7, 11) is 0. The van der Waals surface area contributed by atoms with Gasteiger partial charge in [0.25, 0.3) is 0 Å². The van der Waals surface area contributed by atoms with E-state index in [1.54, 1.807) is 6.92 Å². The Morgan fingerprint density at radius 1 is 0.613 bits per heavy atom. The lowest BCUT2D eigenvalue weighted by molar-refractivity contribution is -0.153. The van der Waals surface area contributed by atoms with Crippen LogP contribution in [0.15, 0.2) is 0 Å². The smallest absolute Gasteiger partial charge is 0.306 e. The normalized spacial score (nSPS) is 11.8. The molecule has 1 atom stereocenters. The van der Waals surface area contributed by atoms with Crippen LogP contribution in [0.1, 0.15) is 136 Å². The number of carbonyl (C=O) groups excluding carboxylic acids is 3. The number of Topliss-reactive ketones (excluding diaryl/α,β-unsaturated/α-hetero) is 1. The molecule has 0 N–H and O–H groups in total. The monoisotopic (exact) mass is 440 g/mol. The van der Waals surface area contributed by atoms with Crippen LogP contribution in [0.2, 0.25) is 0 Å². The number of ether oxygens (including phenoxy) is 2. The molecule has 0 fully saturated rings. The fraction of sp³-hybridized carbons (Fsp3) is 0.885. The van der Waals surface area contributed by atoms with Gasteiger partial charge >= 0.3 is 11.9 Å². The zero-order valence-corrected chi connectivity index (χ0v) is 20.6. The number of ketones is 1. The second-order valence-electron chi connectivity index (χ2n) is 8.77. The molecule has 0 rings (SSSR count). The van der Waals surface area contributed by atoms with Crippen LogP contribution >= 0.6 is 0 Å². The van der Waals surface area contributed by atoms with Crippen molar-refractivity contribution in [1.29, 1.82) is 0 Å². The van der Waals surface area contributed by atoms with Gasteiger partial charge in [0, 0.05) is 12.8 Å². The number of hydrogen-bond acceptors (Lipinski definition) is 5. The van der Waals surface area contributed by atoms with Gasteiger partial charge in [-0.1, -0.05) is 90.4 Å². The van der Waals surface area contributed by atoms with Crippen molar-refractivity contribution >= 4 is 17.7 Å². The van der Waals surface area contributed by atoms with Crippen LogP contribution in [0.4, 0.5) is 0 Å². The van der Waals surface area contributed by atoms with E-state index in [1.807, 2.05) is 0 Å². The Morgan fingerprint density at radius 3 is 1.52 bits per heavy atom. The Bertz CT molecular complexity index is 461. The number of esters is 2. The van der Waals surface area contributed by atoms with E-state index in [4.69, 9.17) is 9.47 Å². The van der Waals surface area contributed by atoms with Gasteiger partial charge in [-0.05, 0) is 33.1 Å². The van der Waals surface area contributed by atoms with Crippen LogP contribution in [-0.2, 0) is 23.9 Å². The van der Waals surface area contributed by atoms with E-state index >= 15 is 0 Å². The molecule has 0 aliphatic rings. The standard InChI is InChI=1S/C26H48O5/c1-4-5-6-7-8-9-10-13-16-19-22-30-25(28)20-17-14-11-12-15-18-21-26(29)31-24(3)23(2)27/h24H,4-22H2,1-3H3. The molecule has 0 aromatic rings. The molecular formula is C26H48O5. The summed E-state index contributed by atoms with van der Waals surface area (Å²) in [5, 5.41) is 0. The molecule has 0 aliphatic carbocycles. The first-order chi connectivity index (χ1) is 15.0. The molecule has 0 amide bonds. The van der Waals surface area contributed by atoms with Crippen molar-refractivity contribution in [1.82, 2.24) is 0 Å². The molecule has 0 spiro atoms. The summed E-state index contributed by atoms with van der Waals surface area (Å²) in [6.07, 6.45) is 18.8. The highest BCUT2D eigenvalue weighted by atomic mass is 16.5. The van der Waals surface area contributed by atoms with Crippen LogP contribution < -0.4 is 0 Å². The van der Waals surface area contributed by atoms with Crippen LogP contribution in [0, 0.1) is 0 Å². The molecule has 1 unspecified atom stereocenters. The minimum absolute atomic E-state index is 0.0711. The molecule has 31 heavy (non-hydrogen) atoms. The predicted octanol–water partition coefficient (Wildman–Crippen LogP) is 7.09. The van der Waals surface area contributed by atoms with E-state index in [2.05, 4.69) is 6.92 Å². The average Bonchev–Trinajstić information content (AvgIpc) is 2.73. The maximum Gasteiger partial charge on any atom is 0.306 e. The molecule has 0 saturated carbocycles. The second kappa shape index (κ2) is 21.8. The molecule has 182 valence electrons. The zero-order valence-electron chi connectivity index (χ0n) is 20.6. The summed E-state index contributed by atoms with van der Waals surface area (Å²) in [4.78, 5) is 34.4. The molecule has 0 bridgehead atoms. The first-order valence-electron chi connectivity index (χ1n) is 12.8. The maximum absolute atomic E-state index is 11.8. The van der Waals surface area contributed by atoms with E-state index in [-0.39, 0.29) is 17.7 Å². The van der Waals surface area contributed by atoms with Gasteiger partial charge < -0.3 is 9.47 Å². The molecule has 0 saturated heterocycles. The van der Waals surface area contributed by atoms with Gasteiger partial charge in [-0.3, -0.25) is 14.4 Å². The summed E-state index contributed by atoms with van der Waals surface area (Å²) < 4.78 is 10.3. The zero-order chi connectivity index (χ0) is 23.2. The van der Waals surface area contributed by atoms with E-state index < -0.39 is 6.10 Å². The lowest BCUT2D eigenvalue weighted by Gasteiger charge is -2.09. The molecular weight excluding hydrogens is 392 g/mol. The Balaban J connectivity index is 3.31. The highest BCUT2D eigenvalue weighted by molar-refractivity contribution is 5.83. The first-order valence-corrected chi connectivity index (χ1v) is 12.8. The van der Waals surface area contributed by atoms with Gasteiger partial charge in [0.15, 0.2) is 11.9 Å². The highest BCUT2D eigenvalue weighted by Gasteiger charge is 2.12. The van der Waals surface area contributed by atoms with Crippen molar-refractivity contribution in [2.75, 3.05) is 6.61 Å². The Hall–Kier alpha value is -1.39. The minimum Gasteiger partial charge on any atom is -0.466 e. The summed E-state index contributed by atoms with van der Waals surface area (Å²) >= 11 is 0. The van der Waals surface area contributed by atoms with Crippen LogP contribution in [0.5, 0.6) is 0 Å². The van der Waals surface area contributed by atoms with Gasteiger partial charge in [0.2, 0.25) is 0 Å². The molecule has 0 aromatic carbocycles. The van der Waals surface area contributed by atoms with Gasteiger partial charge in [-0.15, -0.1) is 0 Å². The molecule has 0 aliphatic heterocycles. The summed E-state index contributed by atoms with van der Waals surface area (Å²) in [5.74, 6) is -0.499. The van der Waals surface area contributed by atoms with Gasteiger partial charge in [-0.25, -0.2) is 0 Å². The Kier molecular flexibility index (Phi) is 20.8. The van der Waals surface area contributed by atoms with Gasteiger partial charge in [-0.2, -0.15) is 0 Å². The van der Waals surface area contributed by atoms with Crippen molar-refractivity contribution in [3.05, 3.63) is 0 Å². The topological polar surface area (TPSA) is 69.7 Å². The van der Waals surface area contributed by atoms with Crippen molar-refractivity contribution in [2.24, 2.45) is 0 Å². The van der Waals surface area contributed by atoms with E-state index in [0.29, 0.717) is 19.4 Å². The van der Waals surface area contributed by atoms with E-state index in [0.717, 1.165) is 51.4 Å². The molecule has 0 heterocycles. The van der Waals surface area contributed by atoms with Crippen molar-refractivity contribution in [2.45, 2.75) is 142 Å². The maximum atomic E-state index is 11.8. The van der Waals surface area contributed by atoms with Crippen molar-refractivity contribution in [3.63, 3.8) is 0 Å². The highest BCUT2D eigenvalue weighted by Crippen LogP contribution is 2.12. The number of rotatable bonds is 22. The predicted molar refractivity (Wildman–Crippen MR) is 126 cm³/mol. The summed E-state index contributed by atoms with van der Waals surface area (Å²) in [5.41, 5.74) is 0. The fourth-order valence-corrected chi connectivity index (χ4v) is 3.43. The van der Waals surface area contributed by atoms with Crippen molar-refractivity contribution < 1.29 is 23.9 Å². The van der Waals surface area contributed by atoms with E-state index in [9.17, 15) is 14.4 Å². The van der Waals surface area contributed by atoms with E-state index in [1.165, 1.54) is 58.3 Å².